The Balaban J connectivity index is 1.40. The second-order valence-corrected chi connectivity index (χ2v) is 6.58. The topological polar surface area (TPSA) is 60.9 Å². The number of rotatable bonds is 7. The van der Waals surface area contributed by atoms with Gasteiger partial charge in [-0.05, 0) is 38.2 Å². The number of carbonyl (C=O) groups is 1. The molecule has 6 nitrogen and oxygen atoms in total. The number of nitrogens with zero attached hydrogens (tertiary/aromatic N) is 2. The molecule has 6 heteroatoms. The lowest BCUT2D eigenvalue weighted by molar-refractivity contribution is -0.191. The van der Waals surface area contributed by atoms with Crippen LogP contribution in [-0.4, -0.2) is 60.9 Å². The van der Waals surface area contributed by atoms with Gasteiger partial charge in [-0.3, -0.25) is 4.79 Å². The smallest absolute Gasteiger partial charge is 0.248 e. The summed E-state index contributed by atoms with van der Waals surface area (Å²) < 4.78 is 16.9. The van der Waals surface area contributed by atoms with E-state index in [9.17, 15) is 4.79 Å². The number of hydrogen-bond donors (Lipinski definition) is 0. The lowest BCUT2D eigenvalue weighted by atomic mass is 9.79. The van der Waals surface area contributed by atoms with Crippen LogP contribution in [0.3, 0.4) is 0 Å². The second-order valence-electron chi connectivity index (χ2n) is 6.58. The Kier molecular flexibility index (Phi) is 5.68. The average Bonchev–Trinajstić information content (AvgIpc) is 2.58. The molecule has 2 aliphatic rings. The molecule has 2 aliphatic heterocycles. The van der Waals surface area contributed by atoms with Crippen molar-refractivity contribution in [2.45, 2.75) is 31.8 Å². The molecule has 1 aromatic heterocycles. The molecule has 1 amide bonds. The highest BCUT2D eigenvalue weighted by Gasteiger charge is 2.48. The van der Waals surface area contributed by atoms with E-state index in [0.29, 0.717) is 38.1 Å². The van der Waals surface area contributed by atoms with Gasteiger partial charge in [0.05, 0.1) is 19.7 Å². The van der Waals surface area contributed by atoms with Gasteiger partial charge in [-0.1, -0.05) is 6.07 Å². The standard InChI is InChI=1S/C18H26N2O4/c1-2-22-12-17(21)20-13-18(14-20)11-15(7-10-24-18)6-9-23-16-5-3-4-8-19-16/h3-5,8,15H,2,6-7,9-14H2,1H3. The van der Waals surface area contributed by atoms with Crippen LogP contribution in [0.1, 0.15) is 26.2 Å². The molecule has 0 aromatic carbocycles. The number of ether oxygens (including phenoxy) is 3. The molecule has 24 heavy (non-hydrogen) atoms. The van der Waals surface area contributed by atoms with Crippen molar-refractivity contribution in [1.82, 2.24) is 9.88 Å². The van der Waals surface area contributed by atoms with Gasteiger partial charge in [-0.25, -0.2) is 4.98 Å². The van der Waals surface area contributed by atoms with Gasteiger partial charge >= 0.3 is 0 Å². The van der Waals surface area contributed by atoms with Gasteiger partial charge in [0.2, 0.25) is 11.8 Å². The number of amides is 1. The highest BCUT2D eigenvalue weighted by molar-refractivity contribution is 5.78. The SMILES string of the molecule is CCOCC(=O)N1CC2(CC(CCOc3ccccn3)CCO2)C1. The van der Waals surface area contributed by atoms with E-state index in [1.165, 1.54) is 0 Å². The number of carbonyl (C=O) groups excluding carboxylic acids is 1. The fraction of sp³-hybridized carbons (Fsp3) is 0.667. The first-order valence-electron chi connectivity index (χ1n) is 8.74. The number of likely N-dealkylation sites (tertiary alicyclic amines) is 1. The molecule has 1 atom stereocenters. The minimum atomic E-state index is -0.143. The molecular formula is C18H26N2O4. The van der Waals surface area contributed by atoms with Gasteiger partial charge in [0, 0.05) is 25.5 Å². The Labute approximate surface area is 143 Å². The Morgan fingerprint density at radius 3 is 3.08 bits per heavy atom. The predicted molar refractivity (Wildman–Crippen MR) is 88.8 cm³/mol. The van der Waals surface area contributed by atoms with E-state index in [2.05, 4.69) is 4.98 Å². The molecule has 0 radical (unpaired) electrons. The zero-order valence-electron chi connectivity index (χ0n) is 14.3. The van der Waals surface area contributed by atoms with Crippen LogP contribution < -0.4 is 4.74 Å². The fourth-order valence-corrected chi connectivity index (χ4v) is 3.46. The van der Waals surface area contributed by atoms with Crippen LogP contribution in [0.2, 0.25) is 0 Å². The van der Waals surface area contributed by atoms with Gasteiger partial charge in [-0.2, -0.15) is 0 Å². The van der Waals surface area contributed by atoms with Crippen molar-refractivity contribution in [2.24, 2.45) is 5.92 Å². The maximum Gasteiger partial charge on any atom is 0.248 e. The molecule has 0 saturated carbocycles. The third-order valence-corrected chi connectivity index (χ3v) is 4.75. The molecule has 3 heterocycles. The van der Waals surface area contributed by atoms with Gasteiger partial charge in [0.15, 0.2) is 0 Å². The summed E-state index contributed by atoms with van der Waals surface area (Å²) in [5.74, 6) is 1.31. The summed E-state index contributed by atoms with van der Waals surface area (Å²) in [5.41, 5.74) is -0.143. The van der Waals surface area contributed by atoms with Crippen molar-refractivity contribution in [3.8, 4) is 5.88 Å². The third kappa shape index (κ3) is 4.24. The van der Waals surface area contributed by atoms with Crippen molar-refractivity contribution >= 4 is 5.91 Å². The highest BCUT2D eigenvalue weighted by atomic mass is 16.5. The molecule has 2 fully saturated rings. The van der Waals surface area contributed by atoms with Crippen LogP contribution in [-0.2, 0) is 14.3 Å². The lowest BCUT2D eigenvalue weighted by Gasteiger charge is -2.53. The average molecular weight is 334 g/mol. The third-order valence-electron chi connectivity index (χ3n) is 4.75. The molecule has 1 unspecified atom stereocenters. The first-order valence-corrected chi connectivity index (χ1v) is 8.74. The van der Waals surface area contributed by atoms with Gasteiger partial charge in [0.25, 0.3) is 0 Å². The van der Waals surface area contributed by atoms with Crippen molar-refractivity contribution in [1.29, 1.82) is 0 Å². The van der Waals surface area contributed by atoms with Crippen LogP contribution in [0, 0.1) is 5.92 Å². The summed E-state index contributed by atoms with van der Waals surface area (Å²) in [7, 11) is 0. The van der Waals surface area contributed by atoms with E-state index < -0.39 is 0 Å². The molecule has 2 saturated heterocycles. The monoisotopic (exact) mass is 334 g/mol. The normalized spacial score (nSPS) is 22.2. The molecule has 0 bridgehead atoms. The first-order chi connectivity index (χ1) is 11.7. The van der Waals surface area contributed by atoms with E-state index in [1.807, 2.05) is 30.0 Å². The molecule has 1 spiro atoms. The highest BCUT2D eigenvalue weighted by Crippen LogP contribution is 2.38. The molecule has 1 aromatic rings. The van der Waals surface area contributed by atoms with Crippen LogP contribution in [0.5, 0.6) is 5.88 Å². The Morgan fingerprint density at radius 1 is 1.46 bits per heavy atom. The number of hydrogen-bond acceptors (Lipinski definition) is 5. The van der Waals surface area contributed by atoms with Crippen molar-refractivity contribution < 1.29 is 19.0 Å². The van der Waals surface area contributed by atoms with E-state index in [-0.39, 0.29) is 18.1 Å². The Hall–Kier alpha value is -1.66. The van der Waals surface area contributed by atoms with Gasteiger partial charge in [-0.15, -0.1) is 0 Å². The minimum Gasteiger partial charge on any atom is -0.478 e. The zero-order valence-corrected chi connectivity index (χ0v) is 14.3. The number of pyridine rings is 1. The quantitative estimate of drug-likeness (QED) is 0.762. The lowest BCUT2D eigenvalue weighted by Crippen LogP contribution is -2.67. The van der Waals surface area contributed by atoms with Crippen molar-refractivity contribution in [3.05, 3.63) is 24.4 Å². The molecule has 132 valence electrons. The van der Waals surface area contributed by atoms with Crippen LogP contribution in [0.4, 0.5) is 0 Å². The van der Waals surface area contributed by atoms with E-state index in [1.54, 1.807) is 6.20 Å². The minimum absolute atomic E-state index is 0.0617. The Bertz CT molecular complexity index is 531. The first kappa shape index (κ1) is 17.2. The van der Waals surface area contributed by atoms with Gasteiger partial charge in [0.1, 0.15) is 12.2 Å². The summed E-state index contributed by atoms with van der Waals surface area (Å²) in [6.07, 6.45) is 4.78. The second kappa shape index (κ2) is 7.94. The maximum absolute atomic E-state index is 11.9. The zero-order chi connectivity index (χ0) is 16.8. The number of aromatic nitrogens is 1. The van der Waals surface area contributed by atoms with E-state index in [4.69, 9.17) is 14.2 Å². The van der Waals surface area contributed by atoms with Crippen molar-refractivity contribution in [3.63, 3.8) is 0 Å². The van der Waals surface area contributed by atoms with Gasteiger partial charge < -0.3 is 19.1 Å². The summed E-state index contributed by atoms with van der Waals surface area (Å²) in [5, 5.41) is 0. The summed E-state index contributed by atoms with van der Waals surface area (Å²) in [6.45, 7) is 5.46. The Morgan fingerprint density at radius 2 is 2.33 bits per heavy atom. The van der Waals surface area contributed by atoms with E-state index in [0.717, 1.165) is 25.9 Å². The molecule has 3 rings (SSSR count). The van der Waals surface area contributed by atoms with Crippen LogP contribution >= 0.6 is 0 Å². The molecular weight excluding hydrogens is 308 g/mol. The summed E-state index contributed by atoms with van der Waals surface area (Å²) >= 11 is 0. The predicted octanol–water partition coefficient (Wildman–Crippen LogP) is 1.89. The largest absolute Gasteiger partial charge is 0.478 e. The maximum atomic E-state index is 11.9. The summed E-state index contributed by atoms with van der Waals surface area (Å²) in [4.78, 5) is 17.9. The van der Waals surface area contributed by atoms with Crippen LogP contribution in [0.15, 0.2) is 24.4 Å². The molecule has 0 N–H and O–H groups in total. The van der Waals surface area contributed by atoms with Crippen LogP contribution in [0.25, 0.3) is 0 Å². The fourth-order valence-electron chi connectivity index (χ4n) is 3.46. The summed E-state index contributed by atoms with van der Waals surface area (Å²) in [6, 6.07) is 5.68. The molecule has 0 aliphatic carbocycles. The van der Waals surface area contributed by atoms with Crippen molar-refractivity contribution in [2.75, 3.05) is 39.5 Å². The van der Waals surface area contributed by atoms with E-state index >= 15 is 0 Å².